The van der Waals surface area contributed by atoms with Gasteiger partial charge in [-0.3, -0.25) is 9.88 Å². The summed E-state index contributed by atoms with van der Waals surface area (Å²) < 4.78 is 36.5. The smallest absolute Gasteiger partial charge is 0.169 e. The number of pyridine rings is 1. The summed E-state index contributed by atoms with van der Waals surface area (Å²) in [5.74, 6) is 0.706. The maximum Gasteiger partial charge on any atom is 0.169 e. The monoisotopic (exact) mass is 536 g/mol. The number of fused-ring (bicyclic) bond motifs is 3. The predicted molar refractivity (Wildman–Crippen MR) is 145 cm³/mol. The first-order valence-corrected chi connectivity index (χ1v) is 12.5. The number of morpholine rings is 1. The molecule has 5 rings (SSSR count). The summed E-state index contributed by atoms with van der Waals surface area (Å²) in [6, 6.07) is 12.4. The van der Waals surface area contributed by atoms with E-state index in [-0.39, 0.29) is 10.8 Å². The van der Waals surface area contributed by atoms with Crippen molar-refractivity contribution in [3.63, 3.8) is 0 Å². The fourth-order valence-electron chi connectivity index (χ4n) is 4.57. The molecule has 10 heteroatoms. The topological polar surface area (TPSA) is 88.9 Å². The van der Waals surface area contributed by atoms with Gasteiger partial charge in [-0.05, 0) is 30.3 Å². The molecule has 2 heterocycles. The summed E-state index contributed by atoms with van der Waals surface area (Å²) in [5, 5.41) is 15.5. The van der Waals surface area contributed by atoms with Gasteiger partial charge in [0, 0.05) is 48.1 Å². The van der Waals surface area contributed by atoms with Crippen molar-refractivity contribution in [2.45, 2.75) is 0 Å². The van der Waals surface area contributed by atoms with E-state index in [1.807, 2.05) is 24.3 Å². The molecule has 196 valence electrons. The van der Waals surface area contributed by atoms with E-state index >= 15 is 0 Å². The van der Waals surface area contributed by atoms with Crippen LogP contribution in [0.15, 0.2) is 42.6 Å². The molecule has 0 amide bonds. The number of hydrogen-bond donors (Lipinski definition) is 1. The van der Waals surface area contributed by atoms with Crippen LogP contribution >= 0.6 is 11.6 Å². The van der Waals surface area contributed by atoms with Gasteiger partial charge in [-0.2, -0.15) is 5.26 Å². The minimum Gasteiger partial charge on any atom is -0.494 e. The van der Waals surface area contributed by atoms with Crippen molar-refractivity contribution in [2.75, 3.05) is 59.0 Å². The highest BCUT2D eigenvalue weighted by molar-refractivity contribution is 6.33. The number of nitrogens with one attached hydrogen (secondary N) is 1. The molecule has 0 spiro atoms. The van der Waals surface area contributed by atoms with Gasteiger partial charge in [0.1, 0.15) is 12.7 Å². The van der Waals surface area contributed by atoms with Gasteiger partial charge in [0.2, 0.25) is 0 Å². The van der Waals surface area contributed by atoms with Crippen LogP contribution in [0.2, 0.25) is 5.02 Å². The molecular weight excluding hydrogens is 511 g/mol. The van der Waals surface area contributed by atoms with Crippen molar-refractivity contribution >= 4 is 44.7 Å². The van der Waals surface area contributed by atoms with E-state index in [1.165, 1.54) is 25.4 Å². The molecule has 1 aliphatic heterocycles. The Morgan fingerprint density at radius 3 is 2.55 bits per heavy atom. The van der Waals surface area contributed by atoms with E-state index in [0.717, 1.165) is 43.6 Å². The van der Waals surface area contributed by atoms with Crippen LogP contribution in [-0.2, 0) is 4.74 Å². The zero-order valence-electron chi connectivity index (χ0n) is 21.0. The third-order valence-corrected chi connectivity index (χ3v) is 6.86. The highest BCUT2D eigenvalue weighted by Gasteiger charge is 2.18. The number of nitriles is 1. The van der Waals surface area contributed by atoms with E-state index in [0.29, 0.717) is 45.9 Å². The van der Waals surface area contributed by atoms with E-state index in [4.69, 9.17) is 30.5 Å². The quantitative estimate of drug-likeness (QED) is 0.294. The molecule has 0 saturated carbocycles. The lowest BCUT2D eigenvalue weighted by molar-refractivity contribution is 0.0322. The third-order valence-electron chi connectivity index (χ3n) is 6.55. The minimum absolute atomic E-state index is 0.0326. The standard InChI is InChI=1S/C28H26ClFN4O4/c1-35-24-6-5-18-19(28(24)38-12-9-34-7-10-37-11-8-34)3-4-20-26(17(15-31)16-32-27(18)20)33-23-14-25(36-2)22(30)13-21(23)29/h3-6,13-14,16H,7-12H2,1-2H3,(H,32,33). The van der Waals surface area contributed by atoms with Crippen LogP contribution in [0.25, 0.3) is 21.7 Å². The van der Waals surface area contributed by atoms with Gasteiger partial charge in [-0.1, -0.05) is 11.6 Å². The first kappa shape index (κ1) is 25.8. The lowest BCUT2D eigenvalue weighted by Gasteiger charge is -2.26. The summed E-state index contributed by atoms with van der Waals surface area (Å²) in [6.45, 7) is 4.48. The summed E-state index contributed by atoms with van der Waals surface area (Å²) >= 11 is 6.31. The molecule has 0 unspecified atom stereocenters. The van der Waals surface area contributed by atoms with E-state index in [1.54, 1.807) is 7.11 Å². The number of methoxy groups -OCH3 is 2. The maximum absolute atomic E-state index is 14.1. The molecular formula is C28H26ClFN4O4. The zero-order valence-corrected chi connectivity index (χ0v) is 21.8. The molecule has 8 nitrogen and oxygen atoms in total. The first-order chi connectivity index (χ1) is 18.5. The van der Waals surface area contributed by atoms with Crippen molar-refractivity contribution in [1.82, 2.24) is 9.88 Å². The summed E-state index contributed by atoms with van der Waals surface area (Å²) in [5.41, 5.74) is 1.87. The number of benzene rings is 3. The van der Waals surface area contributed by atoms with Crippen molar-refractivity contribution < 1.29 is 23.3 Å². The number of ether oxygens (including phenoxy) is 4. The average Bonchev–Trinajstić information content (AvgIpc) is 2.94. The van der Waals surface area contributed by atoms with Crippen molar-refractivity contribution in [3.8, 4) is 23.3 Å². The number of halogens is 2. The largest absolute Gasteiger partial charge is 0.494 e. The van der Waals surface area contributed by atoms with Crippen molar-refractivity contribution in [1.29, 1.82) is 5.26 Å². The Kier molecular flexibility index (Phi) is 7.65. The summed E-state index contributed by atoms with van der Waals surface area (Å²) in [4.78, 5) is 6.90. The van der Waals surface area contributed by atoms with Crippen LogP contribution < -0.4 is 19.5 Å². The Hall–Kier alpha value is -3.84. The van der Waals surface area contributed by atoms with Gasteiger partial charge in [-0.15, -0.1) is 0 Å². The van der Waals surface area contributed by atoms with Crippen LogP contribution in [0.5, 0.6) is 17.2 Å². The Morgan fingerprint density at radius 1 is 1.08 bits per heavy atom. The first-order valence-electron chi connectivity index (χ1n) is 12.1. The van der Waals surface area contributed by atoms with Crippen LogP contribution in [0.4, 0.5) is 15.8 Å². The molecule has 0 atom stereocenters. The molecule has 1 saturated heterocycles. The van der Waals surface area contributed by atoms with Gasteiger partial charge in [-0.25, -0.2) is 4.39 Å². The highest BCUT2D eigenvalue weighted by Crippen LogP contribution is 2.41. The normalized spacial score (nSPS) is 13.9. The summed E-state index contributed by atoms with van der Waals surface area (Å²) in [6.07, 6.45) is 1.50. The fourth-order valence-corrected chi connectivity index (χ4v) is 4.77. The average molecular weight is 537 g/mol. The second-order valence-electron chi connectivity index (χ2n) is 8.71. The lowest BCUT2D eigenvalue weighted by Crippen LogP contribution is -2.38. The number of hydrogen-bond acceptors (Lipinski definition) is 8. The molecule has 4 aromatic rings. The van der Waals surface area contributed by atoms with Gasteiger partial charge in [0.15, 0.2) is 23.1 Å². The Morgan fingerprint density at radius 2 is 1.82 bits per heavy atom. The maximum atomic E-state index is 14.1. The predicted octanol–water partition coefficient (Wildman–Crippen LogP) is 5.52. The molecule has 1 N–H and O–H groups in total. The van der Waals surface area contributed by atoms with Gasteiger partial charge in [0.25, 0.3) is 0 Å². The van der Waals surface area contributed by atoms with Crippen LogP contribution in [0.1, 0.15) is 5.56 Å². The van der Waals surface area contributed by atoms with Gasteiger partial charge < -0.3 is 24.3 Å². The Bertz CT molecular complexity index is 1540. The number of anilines is 2. The molecule has 3 aromatic carbocycles. The third kappa shape index (κ3) is 4.98. The minimum atomic E-state index is -0.579. The number of nitrogens with zero attached hydrogens (tertiary/aromatic N) is 3. The van der Waals surface area contributed by atoms with Crippen LogP contribution in [0.3, 0.4) is 0 Å². The Balaban J connectivity index is 1.56. The lowest BCUT2D eigenvalue weighted by atomic mass is 10.0. The molecule has 38 heavy (non-hydrogen) atoms. The second kappa shape index (κ2) is 11.3. The zero-order chi connectivity index (χ0) is 26.6. The van der Waals surface area contributed by atoms with E-state index < -0.39 is 5.82 Å². The molecule has 0 radical (unpaired) electrons. The van der Waals surface area contributed by atoms with Gasteiger partial charge >= 0.3 is 0 Å². The highest BCUT2D eigenvalue weighted by atomic mass is 35.5. The molecule has 1 fully saturated rings. The molecule has 1 aromatic heterocycles. The molecule has 1 aliphatic rings. The van der Waals surface area contributed by atoms with Crippen LogP contribution in [0, 0.1) is 17.1 Å². The SMILES string of the molecule is COc1cc(Nc2c(C#N)cnc3c2ccc2c(OCCN4CCOCC4)c(OC)ccc23)c(Cl)cc1F. The molecule has 0 bridgehead atoms. The Labute approximate surface area is 224 Å². The van der Waals surface area contributed by atoms with E-state index in [2.05, 4.69) is 21.3 Å². The molecule has 0 aliphatic carbocycles. The van der Waals surface area contributed by atoms with Crippen LogP contribution in [-0.4, -0.2) is 63.6 Å². The van der Waals surface area contributed by atoms with Crippen molar-refractivity contribution in [2.24, 2.45) is 0 Å². The second-order valence-corrected chi connectivity index (χ2v) is 9.11. The van der Waals surface area contributed by atoms with Gasteiger partial charge in [0.05, 0.1) is 54.9 Å². The number of rotatable bonds is 8. The summed E-state index contributed by atoms with van der Waals surface area (Å²) in [7, 11) is 2.98. The van der Waals surface area contributed by atoms with E-state index in [9.17, 15) is 9.65 Å². The number of aromatic nitrogens is 1. The van der Waals surface area contributed by atoms with Crippen molar-refractivity contribution in [3.05, 3.63) is 59.0 Å². The fraction of sp³-hybridized carbons (Fsp3) is 0.286.